The Bertz CT molecular complexity index is 1150. The van der Waals surface area contributed by atoms with E-state index in [-0.39, 0.29) is 24.1 Å². The third kappa shape index (κ3) is 5.48. The molecule has 2 aromatic heterocycles. The average Bonchev–Trinajstić information content (AvgIpc) is 3.56. The smallest absolute Gasteiger partial charge is 0.262 e. The van der Waals surface area contributed by atoms with Gasteiger partial charge in [0.15, 0.2) is 0 Å². The monoisotopic (exact) mass is 465 g/mol. The van der Waals surface area contributed by atoms with E-state index in [1.165, 1.54) is 11.3 Å². The second kappa shape index (κ2) is 9.99. The number of rotatable bonds is 7. The number of carbonyl (C=O) groups is 3. The number of hydrogen-bond acceptors (Lipinski definition) is 5. The van der Waals surface area contributed by atoms with Crippen molar-refractivity contribution in [3.05, 3.63) is 69.9 Å². The maximum absolute atomic E-state index is 13.1. The minimum Gasteiger partial charge on any atom is -0.340 e. The number of thiophene rings is 1. The summed E-state index contributed by atoms with van der Waals surface area (Å²) >= 11 is 1.32. The lowest BCUT2D eigenvalue weighted by molar-refractivity contribution is -0.118. The van der Waals surface area contributed by atoms with Gasteiger partial charge >= 0.3 is 0 Å². The summed E-state index contributed by atoms with van der Waals surface area (Å²) in [5, 5.41) is 7.53. The number of benzene rings is 1. The Morgan fingerprint density at radius 3 is 2.61 bits per heavy atom. The molecular formula is C24H27N5O3S. The number of anilines is 1. The summed E-state index contributed by atoms with van der Waals surface area (Å²) in [5.74, 6) is -0.619. The third-order valence-electron chi connectivity index (χ3n) is 5.66. The molecule has 0 saturated carbocycles. The molecule has 1 aromatic carbocycles. The molecule has 1 aliphatic heterocycles. The summed E-state index contributed by atoms with van der Waals surface area (Å²) < 4.78 is 1.80. The summed E-state index contributed by atoms with van der Waals surface area (Å²) in [6.07, 6.45) is 5.81. The molecule has 1 aliphatic rings. The van der Waals surface area contributed by atoms with Gasteiger partial charge in [0.25, 0.3) is 11.8 Å². The van der Waals surface area contributed by atoms with E-state index in [0.29, 0.717) is 21.8 Å². The molecule has 0 bridgehead atoms. The van der Waals surface area contributed by atoms with Gasteiger partial charge in [-0.1, -0.05) is 6.07 Å². The minimum atomic E-state index is -0.805. The van der Waals surface area contributed by atoms with Crippen LogP contribution >= 0.6 is 11.3 Å². The first-order valence-corrected chi connectivity index (χ1v) is 11.8. The first-order valence-electron chi connectivity index (χ1n) is 10.9. The lowest BCUT2D eigenvalue weighted by Gasteiger charge is -2.19. The number of amides is 3. The number of nitrogens with one attached hydrogen (secondary N) is 2. The average molecular weight is 466 g/mol. The predicted octanol–water partition coefficient (Wildman–Crippen LogP) is 3.01. The van der Waals surface area contributed by atoms with Crippen LogP contribution in [0.15, 0.2) is 48.2 Å². The van der Waals surface area contributed by atoms with Crippen molar-refractivity contribution < 1.29 is 14.4 Å². The fourth-order valence-electron chi connectivity index (χ4n) is 3.93. The molecule has 1 fully saturated rings. The molecule has 4 rings (SSSR count). The van der Waals surface area contributed by atoms with Gasteiger partial charge in [0, 0.05) is 44.0 Å². The van der Waals surface area contributed by atoms with Crippen molar-refractivity contribution in [3.63, 3.8) is 0 Å². The molecule has 172 valence electrons. The van der Waals surface area contributed by atoms with E-state index in [1.807, 2.05) is 30.4 Å². The molecule has 33 heavy (non-hydrogen) atoms. The number of aryl methyl sites for hydroxylation is 2. The van der Waals surface area contributed by atoms with Crippen LogP contribution in [0.5, 0.6) is 0 Å². The highest BCUT2D eigenvalue weighted by molar-refractivity contribution is 7.12. The van der Waals surface area contributed by atoms with E-state index in [4.69, 9.17) is 0 Å². The van der Waals surface area contributed by atoms with Gasteiger partial charge in [-0.15, -0.1) is 11.3 Å². The Balaban J connectivity index is 1.48. The number of imidazole rings is 1. The van der Waals surface area contributed by atoms with Crippen molar-refractivity contribution >= 4 is 34.7 Å². The largest absolute Gasteiger partial charge is 0.340 e. The lowest BCUT2D eigenvalue weighted by atomic mass is 10.1. The van der Waals surface area contributed by atoms with Crippen LogP contribution in [0, 0.1) is 6.92 Å². The molecule has 0 spiro atoms. The van der Waals surface area contributed by atoms with Gasteiger partial charge in [-0.2, -0.15) is 0 Å². The molecule has 0 radical (unpaired) electrons. The Morgan fingerprint density at radius 2 is 1.97 bits per heavy atom. The van der Waals surface area contributed by atoms with Crippen molar-refractivity contribution in [1.29, 1.82) is 0 Å². The zero-order valence-electron chi connectivity index (χ0n) is 18.7. The SMILES string of the molecule is Cc1cc(NC(=O)[C@@H](Cc2cn(C)cn2)NC(=O)c2cccs2)ccc1C(=O)N1CCCC1. The maximum atomic E-state index is 13.1. The Morgan fingerprint density at radius 1 is 1.18 bits per heavy atom. The second-order valence-electron chi connectivity index (χ2n) is 8.26. The first-order chi connectivity index (χ1) is 15.9. The highest BCUT2D eigenvalue weighted by atomic mass is 32.1. The van der Waals surface area contributed by atoms with Gasteiger partial charge in [0.1, 0.15) is 6.04 Å². The lowest BCUT2D eigenvalue weighted by Crippen LogP contribution is -2.45. The van der Waals surface area contributed by atoms with Crippen LogP contribution in [0.3, 0.4) is 0 Å². The van der Waals surface area contributed by atoms with Gasteiger partial charge in [-0.3, -0.25) is 14.4 Å². The standard InChI is InChI=1S/C24H27N5O3S/c1-16-12-17(7-8-19(16)24(32)29-9-3-4-10-29)26-22(30)20(13-18-14-28(2)15-25-18)27-23(31)21-6-5-11-33-21/h5-8,11-12,14-15,20H,3-4,9-10,13H2,1-2H3,(H,26,30)(H,27,31)/t20-/m1/s1. The zero-order valence-corrected chi connectivity index (χ0v) is 19.5. The van der Waals surface area contributed by atoms with Crippen molar-refractivity contribution in [2.45, 2.75) is 32.2 Å². The highest BCUT2D eigenvalue weighted by Gasteiger charge is 2.25. The maximum Gasteiger partial charge on any atom is 0.262 e. The summed E-state index contributed by atoms with van der Waals surface area (Å²) in [6.45, 7) is 3.44. The third-order valence-corrected chi connectivity index (χ3v) is 6.52. The van der Waals surface area contributed by atoms with Crippen molar-refractivity contribution in [1.82, 2.24) is 19.8 Å². The van der Waals surface area contributed by atoms with Crippen molar-refractivity contribution in [3.8, 4) is 0 Å². The van der Waals surface area contributed by atoms with Crippen LogP contribution in [0.25, 0.3) is 0 Å². The molecule has 2 N–H and O–H groups in total. The van der Waals surface area contributed by atoms with E-state index in [9.17, 15) is 14.4 Å². The zero-order chi connectivity index (χ0) is 23.4. The number of nitrogens with zero attached hydrogens (tertiary/aromatic N) is 3. The van der Waals surface area contributed by atoms with Crippen LogP contribution in [-0.2, 0) is 18.3 Å². The van der Waals surface area contributed by atoms with E-state index in [0.717, 1.165) is 31.5 Å². The summed E-state index contributed by atoms with van der Waals surface area (Å²) in [4.78, 5) is 45.2. The van der Waals surface area contributed by atoms with Crippen LogP contribution < -0.4 is 10.6 Å². The number of aromatic nitrogens is 2. The molecule has 0 unspecified atom stereocenters. The molecule has 9 heteroatoms. The molecule has 3 heterocycles. The van der Waals surface area contributed by atoms with E-state index >= 15 is 0 Å². The quantitative estimate of drug-likeness (QED) is 0.561. The Labute approximate surface area is 196 Å². The molecule has 3 aromatic rings. The predicted molar refractivity (Wildman–Crippen MR) is 127 cm³/mol. The van der Waals surface area contributed by atoms with Crippen molar-refractivity contribution in [2.75, 3.05) is 18.4 Å². The molecule has 3 amide bonds. The number of hydrogen-bond donors (Lipinski definition) is 2. The van der Waals surface area contributed by atoms with E-state index < -0.39 is 6.04 Å². The highest BCUT2D eigenvalue weighted by Crippen LogP contribution is 2.20. The van der Waals surface area contributed by atoms with Gasteiger partial charge in [0.05, 0.1) is 16.9 Å². The van der Waals surface area contributed by atoms with E-state index in [1.54, 1.807) is 41.2 Å². The normalized spacial score (nSPS) is 14.2. The van der Waals surface area contributed by atoms with Crippen LogP contribution in [0.4, 0.5) is 5.69 Å². The molecular weight excluding hydrogens is 438 g/mol. The van der Waals surface area contributed by atoms with E-state index in [2.05, 4.69) is 15.6 Å². The number of carbonyl (C=O) groups excluding carboxylic acids is 3. The fourth-order valence-corrected chi connectivity index (χ4v) is 4.56. The first kappa shape index (κ1) is 22.7. The molecule has 0 aliphatic carbocycles. The molecule has 1 saturated heterocycles. The topological polar surface area (TPSA) is 96.3 Å². The summed E-state index contributed by atoms with van der Waals surface area (Å²) in [7, 11) is 1.85. The number of likely N-dealkylation sites (tertiary alicyclic amines) is 1. The van der Waals surface area contributed by atoms with Crippen LogP contribution in [0.2, 0.25) is 0 Å². The van der Waals surface area contributed by atoms with Crippen LogP contribution in [0.1, 0.15) is 44.1 Å². The fraction of sp³-hybridized carbons (Fsp3) is 0.333. The Hall–Kier alpha value is -3.46. The second-order valence-corrected chi connectivity index (χ2v) is 9.20. The van der Waals surface area contributed by atoms with Gasteiger partial charge in [-0.25, -0.2) is 4.98 Å². The van der Waals surface area contributed by atoms with Gasteiger partial charge < -0.3 is 20.1 Å². The Kier molecular flexibility index (Phi) is 6.88. The molecule has 1 atom stereocenters. The van der Waals surface area contributed by atoms with Gasteiger partial charge in [0.2, 0.25) is 5.91 Å². The summed E-state index contributed by atoms with van der Waals surface area (Å²) in [6, 6.07) is 7.98. The summed E-state index contributed by atoms with van der Waals surface area (Å²) in [5.41, 5.74) is 2.72. The van der Waals surface area contributed by atoms with Crippen molar-refractivity contribution in [2.24, 2.45) is 7.05 Å². The van der Waals surface area contributed by atoms with Crippen LogP contribution in [-0.4, -0.2) is 51.3 Å². The minimum absolute atomic E-state index is 0.0270. The van der Waals surface area contributed by atoms with Gasteiger partial charge in [-0.05, 0) is 55.0 Å². The molecule has 8 nitrogen and oxygen atoms in total.